The molecule has 0 bridgehead atoms. The van der Waals surface area contributed by atoms with E-state index in [-0.39, 0.29) is 5.78 Å². The topological polar surface area (TPSA) is 68.7 Å². The third-order valence-corrected chi connectivity index (χ3v) is 5.45. The van der Waals surface area contributed by atoms with Crippen molar-refractivity contribution in [3.63, 3.8) is 0 Å². The van der Waals surface area contributed by atoms with Crippen molar-refractivity contribution < 1.29 is 19.1 Å². The number of ketones is 1. The molecule has 0 atom stereocenters. The summed E-state index contributed by atoms with van der Waals surface area (Å²) < 4.78 is 11.8. The summed E-state index contributed by atoms with van der Waals surface area (Å²) in [7, 11) is 0. The van der Waals surface area contributed by atoms with Gasteiger partial charge in [0.25, 0.3) is 0 Å². The predicted octanol–water partition coefficient (Wildman–Crippen LogP) is 3.55. The Morgan fingerprint density at radius 3 is 2.48 bits per heavy atom. The Hall–Kier alpha value is -2.77. The van der Waals surface area contributed by atoms with E-state index in [1.165, 1.54) is 6.92 Å². The molecule has 0 amide bonds. The van der Waals surface area contributed by atoms with Crippen LogP contribution in [0.2, 0.25) is 0 Å². The first kappa shape index (κ1) is 17.6. The van der Waals surface area contributed by atoms with Crippen molar-refractivity contribution in [2.75, 3.05) is 31.2 Å². The number of hydrogen-bond acceptors (Lipinski definition) is 7. The van der Waals surface area contributed by atoms with E-state index >= 15 is 0 Å². The number of esters is 1. The molecular formula is C20H18N2O4S. The van der Waals surface area contributed by atoms with Gasteiger partial charge in [-0.3, -0.25) is 4.79 Å². The van der Waals surface area contributed by atoms with Gasteiger partial charge in [-0.25, -0.2) is 9.78 Å². The van der Waals surface area contributed by atoms with Gasteiger partial charge >= 0.3 is 5.97 Å². The van der Waals surface area contributed by atoms with Crippen LogP contribution in [0.5, 0.6) is 5.75 Å². The third kappa shape index (κ3) is 3.84. The van der Waals surface area contributed by atoms with Crippen molar-refractivity contribution >= 4 is 38.4 Å². The molecule has 0 spiro atoms. The fraction of sp³-hybridized carbons (Fsp3) is 0.250. The highest BCUT2D eigenvalue weighted by molar-refractivity contribution is 7.22. The molecular weight excluding hydrogens is 364 g/mol. The number of carbonyl (C=O) groups excluding carboxylic acids is 2. The molecule has 0 N–H and O–H groups in total. The van der Waals surface area contributed by atoms with Gasteiger partial charge in [-0.2, -0.15) is 0 Å². The first-order valence-corrected chi connectivity index (χ1v) is 9.48. The zero-order valence-electron chi connectivity index (χ0n) is 14.8. The maximum absolute atomic E-state index is 12.3. The fourth-order valence-electron chi connectivity index (χ4n) is 2.85. The number of anilines is 1. The lowest BCUT2D eigenvalue weighted by Gasteiger charge is -2.25. The lowest BCUT2D eigenvalue weighted by molar-refractivity contribution is 0.0734. The molecule has 3 aromatic rings. The highest BCUT2D eigenvalue weighted by atomic mass is 32.1. The van der Waals surface area contributed by atoms with E-state index in [0.29, 0.717) is 30.1 Å². The summed E-state index contributed by atoms with van der Waals surface area (Å²) in [5, 5.41) is 0.955. The quantitative estimate of drug-likeness (QED) is 0.390. The first-order valence-electron chi connectivity index (χ1n) is 8.66. The van der Waals surface area contributed by atoms with E-state index in [0.717, 1.165) is 28.4 Å². The molecule has 2 aromatic carbocycles. The van der Waals surface area contributed by atoms with Crippen molar-refractivity contribution in [1.29, 1.82) is 0 Å². The van der Waals surface area contributed by atoms with Crippen molar-refractivity contribution in [1.82, 2.24) is 4.98 Å². The number of ether oxygens (including phenoxy) is 2. The molecule has 1 aliphatic heterocycles. The normalized spacial score (nSPS) is 14.3. The van der Waals surface area contributed by atoms with Gasteiger partial charge in [0, 0.05) is 24.7 Å². The van der Waals surface area contributed by atoms with E-state index in [4.69, 9.17) is 9.47 Å². The summed E-state index contributed by atoms with van der Waals surface area (Å²) in [6, 6.07) is 11.9. The molecule has 2 heterocycles. The molecule has 0 unspecified atom stereocenters. The number of aromatic nitrogens is 1. The van der Waals surface area contributed by atoms with Crippen LogP contribution >= 0.6 is 11.3 Å². The molecule has 0 saturated carbocycles. The Morgan fingerprint density at radius 1 is 1.07 bits per heavy atom. The summed E-state index contributed by atoms with van der Waals surface area (Å²) in [6.07, 6.45) is 0. The van der Waals surface area contributed by atoms with Crippen molar-refractivity contribution in [2.45, 2.75) is 6.92 Å². The Labute approximate surface area is 160 Å². The second kappa shape index (κ2) is 7.46. The molecule has 1 fully saturated rings. The third-order valence-electron chi connectivity index (χ3n) is 4.37. The van der Waals surface area contributed by atoms with E-state index in [1.54, 1.807) is 41.7 Å². The van der Waals surface area contributed by atoms with Gasteiger partial charge in [0.2, 0.25) is 0 Å². The molecule has 4 rings (SSSR count). The molecule has 0 aliphatic carbocycles. The van der Waals surface area contributed by atoms with Crippen LogP contribution < -0.4 is 9.64 Å². The number of rotatable bonds is 4. The number of morpholine rings is 1. The second-order valence-electron chi connectivity index (χ2n) is 6.25. The van der Waals surface area contributed by atoms with Crippen LogP contribution in [0.4, 0.5) is 5.13 Å². The van der Waals surface area contributed by atoms with E-state index in [2.05, 4.69) is 9.88 Å². The summed E-state index contributed by atoms with van der Waals surface area (Å²) >= 11 is 1.58. The van der Waals surface area contributed by atoms with Gasteiger partial charge in [-0.15, -0.1) is 0 Å². The highest BCUT2D eigenvalue weighted by Crippen LogP contribution is 2.32. The Bertz CT molecular complexity index is 991. The summed E-state index contributed by atoms with van der Waals surface area (Å²) in [6.45, 7) is 4.57. The van der Waals surface area contributed by atoms with E-state index < -0.39 is 5.97 Å². The van der Waals surface area contributed by atoms with Crippen LogP contribution in [-0.2, 0) is 4.74 Å². The van der Waals surface area contributed by atoms with Gasteiger partial charge in [0.15, 0.2) is 10.9 Å². The maximum atomic E-state index is 12.3. The number of hydrogen-bond donors (Lipinski definition) is 0. The number of Topliss-reactive ketones (excluding diaryl/α,β-unsaturated/α-hetero) is 1. The molecule has 27 heavy (non-hydrogen) atoms. The zero-order chi connectivity index (χ0) is 18.8. The van der Waals surface area contributed by atoms with E-state index in [1.807, 2.05) is 12.1 Å². The molecule has 1 saturated heterocycles. The Balaban J connectivity index is 1.51. The highest BCUT2D eigenvalue weighted by Gasteiger charge is 2.16. The first-order chi connectivity index (χ1) is 13.1. The lowest BCUT2D eigenvalue weighted by atomic mass is 10.1. The monoisotopic (exact) mass is 382 g/mol. The van der Waals surface area contributed by atoms with Crippen LogP contribution in [0.3, 0.4) is 0 Å². The SMILES string of the molecule is CC(=O)c1ccc(C(=O)Oc2ccc3nc(N4CCOCC4)sc3c2)cc1. The standard InChI is InChI=1S/C20H18N2O4S/c1-13(23)14-2-4-15(5-3-14)19(24)26-16-6-7-17-18(12-16)27-20(21-17)22-8-10-25-11-9-22/h2-7,12H,8-11H2,1H3. The van der Waals surface area contributed by atoms with Gasteiger partial charge in [-0.1, -0.05) is 23.5 Å². The van der Waals surface area contributed by atoms with Gasteiger partial charge in [0.05, 0.1) is 29.0 Å². The molecule has 0 radical (unpaired) electrons. The van der Waals surface area contributed by atoms with Crippen LogP contribution in [-0.4, -0.2) is 43.0 Å². The molecule has 7 heteroatoms. The van der Waals surface area contributed by atoms with Crippen molar-refractivity contribution in [3.05, 3.63) is 53.6 Å². The number of thiazole rings is 1. The molecule has 1 aliphatic rings. The van der Waals surface area contributed by atoms with Gasteiger partial charge in [0.1, 0.15) is 5.75 Å². The minimum Gasteiger partial charge on any atom is -0.423 e. The summed E-state index contributed by atoms with van der Waals surface area (Å²) in [4.78, 5) is 30.5. The second-order valence-corrected chi connectivity index (χ2v) is 7.26. The summed E-state index contributed by atoms with van der Waals surface area (Å²) in [5.74, 6) is -0.0238. The minimum atomic E-state index is -0.456. The van der Waals surface area contributed by atoms with Gasteiger partial charge < -0.3 is 14.4 Å². The number of fused-ring (bicyclic) bond motifs is 1. The van der Waals surface area contributed by atoms with Crippen LogP contribution in [0.25, 0.3) is 10.2 Å². The zero-order valence-corrected chi connectivity index (χ0v) is 15.6. The molecule has 138 valence electrons. The maximum Gasteiger partial charge on any atom is 0.343 e. The number of carbonyl (C=O) groups is 2. The summed E-state index contributed by atoms with van der Waals surface area (Å²) in [5.41, 5.74) is 1.85. The van der Waals surface area contributed by atoms with Gasteiger partial charge in [-0.05, 0) is 31.2 Å². The number of benzene rings is 2. The largest absolute Gasteiger partial charge is 0.423 e. The minimum absolute atomic E-state index is 0.0402. The Morgan fingerprint density at radius 2 is 1.78 bits per heavy atom. The van der Waals surface area contributed by atoms with Crippen LogP contribution in [0.1, 0.15) is 27.6 Å². The average molecular weight is 382 g/mol. The number of nitrogens with zero attached hydrogens (tertiary/aromatic N) is 2. The molecule has 6 nitrogen and oxygen atoms in total. The predicted molar refractivity (Wildman–Crippen MR) is 104 cm³/mol. The smallest absolute Gasteiger partial charge is 0.343 e. The van der Waals surface area contributed by atoms with Crippen LogP contribution in [0, 0.1) is 0 Å². The average Bonchev–Trinajstić information content (AvgIpc) is 3.12. The van der Waals surface area contributed by atoms with E-state index in [9.17, 15) is 9.59 Å². The fourth-order valence-corrected chi connectivity index (χ4v) is 3.90. The Kier molecular flexibility index (Phi) is 4.87. The molecule has 1 aromatic heterocycles. The van der Waals surface area contributed by atoms with Crippen molar-refractivity contribution in [2.24, 2.45) is 0 Å². The van der Waals surface area contributed by atoms with Crippen LogP contribution in [0.15, 0.2) is 42.5 Å². The van der Waals surface area contributed by atoms with Crippen molar-refractivity contribution in [3.8, 4) is 5.75 Å². The lowest BCUT2D eigenvalue weighted by Crippen LogP contribution is -2.36.